The van der Waals surface area contributed by atoms with Crippen molar-refractivity contribution in [2.75, 3.05) is 6.54 Å². The lowest BCUT2D eigenvalue weighted by Crippen LogP contribution is -2.29. The van der Waals surface area contributed by atoms with Crippen LogP contribution in [0.4, 0.5) is 4.39 Å². The second-order valence-electron chi connectivity index (χ2n) is 3.44. The lowest BCUT2D eigenvalue weighted by Gasteiger charge is -2.11. The molecule has 86 valence electrons. The van der Waals surface area contributed by atoms with E-state index < -0.39 is 12.0 Å². The Morgan fingerprint density at radius 2 is 2.38 bits per heavy atom. The molecule has 1 aromatic rings. The van der Waals surface area contributed by atoms with Gasteiger partial charge in [0.1, 0.15) is 5.82 Å². The number of amides is 1. The molecule has 16 heavy (non-hydrogen) atoms. The molecule has 0 saturated carbocycles. The van der Waals surface area contributed by atoms with Crippen LogP contribution in [0, 0.1) is 12.7 Å². The predicted molar refractivity (Wildman–Crippen MR) is 59.3 cm³/mol. The predicted octanol–water partition coefficient (Wildman–Crippen LogP) is 1.47. The minimum atomic E-state index is -1.28. The van der Waals surface area contributed by atoms with Gasteiger partial charge < -0.3 is 10.4 Å². The van der Waals surface area contributed by atoms with Gasteiger partial charge in [0.25, 0.3) is 5.91 Å². The van der Waals surface area contributed by atoms with Gasteiger partial charge in [-0.25, -0.2) is 4.39 Å². The quantitative estimate of drug-likeness (QED) is 0.759. The van der Waals surface area contributed by atoms with Gasteiger partial charge >= 0.3 is 0 Å². The molecule has 0 bridgehead atoms. The summed E-state index contributed by atoms with van der Waals surface area (Å²) < 4.78 is 13.0. The molecular formula is C12H14FNO2. The van der Waals surface area contributed by atoms with Crippen molar-refractivity contribution in [1.82, 2.24) is 5.32 Å². The van der Waals surface area contributed by atoms with Crippen LogP contribution in [0.25, 0.3) is 0 Å². The summed E-state index contributed by atoms with van der Waals surface area (Å²) in [6.45, 7) is 5.31. The Morgan fingerprint density at radius 1 is 1.69 bits per heavy atom. The third-order valence-corrected chi connectivity index (χ3v) is 2.17. The van der Waals surface area contributed by atoms with Crippen molar-refractivity contribution < 1.29 is 14.3 Å². The van der Waals surface area contributed by atoms with Crippen LogP contribution in [0.2, 0.25) is 0 Å². The van der Waals surface area contributed by atoms with Crippen LogP contribution < -0.4 is 5.32 Å². The molecule has 0 heterocycles. The monoisotopic (exact) mass is 223 g/mol. The van der Waals surface area contributed by atoms with Crippen LogP contribution in [-0.2, 0) is 4.79 Å². The smallest absolute Gasteiger partial charge is 0.253 e. The van der Waals surface area contributed by atoms with Crippen LogP contribution in [0.15, 0.2) is 30.9 Å². The van der Waals surface area contributed by atoms with Crippen LogP contribution in [-0.4, -0.2) is 17.6 Å². The number of aliphatic hydroxyl groups is 1. The van der Waals surface area contributed by atoms with Crippen LogP contribution >= 0.6 is 0 Å². The standard InChI is InChI=1S/C12H14FNO2/c1-3-6-14-12(16)11(15)9-4-5-10(13)8(2)7-9/h3-5,7,11,15H,1,6H2,2H3,(H,14,16). The van der Waals surface area contributed by atoms with E-state index in [4.69, 9.17) is 0 Å². The largest absolute Gasteiger partial charge is 0.378 e. The summed E-state index contributed by atoms with van der Waals surface area (Å²) in [4.78, 5) is 11.4. The number of benzene rings is 1. The number of hydrogen-bond acceptors (Lipinski definition) is 2. The van der Waals surface area contributed by atoms with Crippen molar-refractivity contribution in [3.8, 4) is 0 Å². The molecule has 3 nitrogen and oxygen atoms in total. The molecule has 0 aliphatic carbocycles. The number of hydrogen-bond donors (Lipinski definition) is 2. The summed E-state index contributed by atoms with van der Waals surface area (Å²) in [6, 6.07) is 4.07. The fourth-order valence-corrected chi connectivity index (χ4v) is 1.26. The van der Waals surface area contributed by atoms with Gasteiger partial charge in [0.05, 0.1) is 0 Å². The van der Waals surface area contributed by atoms with E-state index in [0.29, 0.717) is 11.1 Å². The fraction of sp³-hybridized carbons (Fsp3) is 0.250. The number of aryl methyl sites for hydroxylation is 1. The molecule has 0 aliphatic rings. The number of aliphatic hydroxyl groups excluding tert-OH is 1. The van der Waals surface area contributed by atoms with Crippen LogP contribution in [0.1, 0.15) is 17.2 Å². The Balaban J connectivity index is 2.79. The first-order valence-corrected chi connectivity index (χ1v) is 4.89. The maximum absolute atomic E-state index is 13.0. The molecule has 0 spiro atoms. The summed E-state index contributed by atoms with van der Waals surface area (Å²) in [5, 5.41) is 12.1. The molecule has 0 radical (unpaired) electrons. The minimum absolute atomic E-state index is 0.288. The van der Waals surface area contributed by atoms with Gasteiger partial charge in [0.2, 0.25) is 0 Å². The summed E-state index contributed by atoms with van der Waals surface area (Å²) in [5.41, 5.74) is 0.772. The minimum Gasteiger partial charge on any atom is -0.378 e. The summed E-state index contributed by atoms with van der Waals surface area (Å²) in [5.74, 6) is -0.881. The van der Waals surface area contributed by atoms with Gasteiger partial charge in [-0.05, 0) is 24.1 Å². The number of rotatable bonds is 4. The number of halogens is 1. The van der Waals surface area contributed by atoms with Gasteiger partial charge in [0, 0.05) is 6.54 Å². The molecule has 0 aromatic heterocycles. The van der Waals surface area contributed by atoms with Crippen molar-refractivity contribution in [3.63, 3.8) is 0 Å². The highest BCUT2D eigenvalue weighted by Crippen LogP contribution is 2.16. The first-order valence-electron chi connectivity index (χ1n) is 4.89. The number of carbonyl (C=O) groups is 1. The molecule has 1 unspecified atom stereocenters. The van der Waals surface area contributed by atoms with Crippen LogP contribution in [0.3, 0.4) is 0 Å². The van der Waals surface area contributed by atoms with Gasteiger partial charge in [-0.3, -0.25) is 4.79 Å². The Kier molecular flexibility index (Phi) is 4.19. The maximum Gasteiger partial charge on any atom is 0.253 e. The Hall–Kier alpha value is -1.68. The van der Waals surface area contributed by atoms with E-state index >= 15 is 0 Å². The van der Waals surface area contributed by atoms with E-state index in [1.165, 1.54) is 24.3 Å². The topological polar surface area (TPSA) is 49.3 Å². The Bertz CT molecular complexity index is 404. The molecule has 1 atom stereocenters. The third-order valence-electron chi connectivity index (χ3n) is 2.17. The first kappa shape index (κ1) is 12.4. The average molecular weight is 223 g/mol. The SMILES string of the molecule is C=CCNC(=O)C(O)c1ccc(F)c(C)c1. The van der Waals surface area contributed by atoms with E-state index in [9.17, 15) is 14.3 Å². The molecule has 1 aromatic carbocycles. The zero-order valence-corrected chi connectivity index (χ0v) is 9.03. The molecule has 2 N–H and O–H groups in total. The molecule has 0 fully saturated rings. The fourth-order valence-electron chi connectivity index (χ4n) is 1.26. The van der Waals surface area contributed by atoms with E-state index in [0.717, 1.165) is 0 Å². The summed E-state index contributed by atoms with van der Waals surface area (Å²) >= 11 is 0. The second kappa shape index (κ2) is 5.42. The highest BCUT2D eigenvalue weighted by molar-refractivity contribution is 5.82. The van der Waals surface area contributed by atoms with Gasteiger partial charge in [-0.2, -0.15) is 0 Å². The normalized spacial score (nSPS) is 11.9. The van der Waals surface area contributed by atoms with Crippen LogP contribution in [0.5, 0.6) is 0 Å². The molecule has 0 aliphatic heterocycles. The zero-order chi connectivity index (χ0) is 12.1. The van der Waals surface area contributed by atoms with Crippen molar-refractivity contribution in [2.45, 2.75) is 13.0 Å². The number of nitrogens with one attached hydrogen (secondary N) is 1. The third kappa shape index (κ3) is 2.90. The average Bonchev–Trinajstić information content (AvgIpc) is 2.28. The maximum atomic E-state index is 13.0. The first-order chi connectivity index (χ1) is 7.56. The van der Waals surface area contributed by atoms with Crippen molar-refractivity contribution in [2.24, 2.45) is 0 Å². The summed E-state index contributed by atoms with van der Waals surface area (Å²) in [7, 11) is 0. The Labute approximate surface area is 93.6 Å². The molecule has 1 amide bonds. The second-order valence-corrected chi connectivity index (χ2v) is 3.44. The van der Waals surface area contributed by atoms with E-state index in [2.05, 4.69) is 11.9 Å². The van der Waals surface area contributed by atoms with Crippen molar-refractivity contribution in [1.29, 1.82) is 0 Å². The van der Waals surface area contributed by atoms with Gasteiger partial charge in [-0.15, -0.1) is 6.58 Å². The van der Waals surface area contributed by atoms with E-state index in [1.54, 1.807) is 6.92 Å². The zero-order valence-electron chi connectivity index (χ0n) is 9.03. The lowest BCUT2D eigenvalue weighted by molar-refractivity contribution is -0.129. The van der Waals surface area contributed by atoms with Crippen molar-refractivity contribution in [3.05, 3.63) is 47.8 Å². The molecule has 0 saturated heterocycles. The summed E-state index contributed by atoms with van der Waals surface area (Å²) in [6.07, 6.45) is 0.236. The van der Waals surface area contributed by atoms with Gasteiger partial charge in [-0.1, -0.05) is 18.2 Å². The number of carbonyl (C=O) groups excluding carboxylic acids is 1. The van der Waals surface area contributed by atoms with E-state index in [1.807, 2.05) is 0 Å². The highest BCUT2D eigenvalue weighted by atomic mass is 19.1. The van der Waals surface area contributed by atoms with Gasteiger partial charge in [0.15, 0.2) is 6.10 Å². The molecule has 1 rings (SSSR count). The molecular weight excluding hydrogens is 209 g/mol. The molecule has 4 heteroatoms. The lowest BCUT2D eigenvalue weighted by atomic mass is 10.1. The van der Waals surface area contributed by atoms with E-state index in [-0.39, 0.29) is 12.4 Å². The highest BCUT2D eigenvalue weighted by Gasteiger charge is 2.17. The Morgan fingerprint density at radius 3 is 2.94 bits per heavy atom. The van der Waals surface area contributed by atoms with Crippen molar-refractivity contribution >= 4 is 5.91 Å².